The van der Waals surface area contributed by atoms with Crippen molar-refractivity contribution in [2.24, 2.45) is 7.05 Å². The first-order chi connectivity index (χ1) is 14.5. The van der Waals surface area contributed by atoms with E-state index >= 15 is 0 Å². The van der Waals surface area contributed by atoms with Gasteiger partial charge in [-0.15, -0.1) is 0 Å². The van der Waals surface area contributed by atoms with Crippen molar-refractivity contribution in [3.8, 4) is 16.9 Å². The summed E-state index contributed by atoms with van der Waals surface area (Å²) in [6.45, 7) is 0. The van der Waals surface area contributed by atoms with E-state index in [1.807, 2.05) is 24.3 Å². The number of aromatic nitrogens is 2. The van der Waals surface area contributed by atoms with Gasteiger partial charge in [0.05, 0.1) is 7.11 Å². The van der Waals surface area contributed by atoms with Gasteiger partial charge in [0.15, 0.2) is 0 Å². The van der Waals surface area contributed by atoms with Crippen molar-refractivity contribution in [2.45, 2.75) is 0 Å². The number of nitrogens with one attached hydrogen (secondary N) is 2. The summed E-state index contributed by atoms with van der Waals surface area (Å²) in [5.74, 6) is 0.311. The van der Waals surface area contributed by atoms with Gasteiger partial charge in [-0.2, -0.15) is 0 Å². The summed E-state index contributed by atoms with van der Waals surface area (Å²) in [7, 11) is 3.26. The Labute approximate surface area is 171 Å². The van der Waals surface area contributed by atoms with Gasteiger partial charge in [0.25, 0.3) is 11.5 Å². The van der Waals surface area contributed by atoms with Crippen LogP contribution in [0.2, 0.25) is 0 Å². The number of amides is 1. The number of anilines is 1. The van der Waals surface area contributed by atoms with Crippen LogP contribution in [0.1, 0.15) is 20.8 Å². The fourth-order valence-electron chi connectivity index (χ4n) is 3.32. The molecule has 7 heteroatoms. The molecule has 0 atom stereocenters. The Balaban J connectivity index is 1.77. The molecule has 0 saturated carbocycles. The molecule has 0 bridgehead atoms. The van der Waals surface area contributed by atoms with E-state index in [1.54, 1.807) is 50.7 Å². The van der Waals surface area contributed by atoms with Crippen molar-refractivity contribution in [1.82, 2.24) is 9.55 Å². The number of aldehydes is 1. The van der Waals surface area contributed by atoms with Crippen molar-refractivity contribution in [3.05, 3.63) is 82.4 Å². The molecule has 0 aliphatic carbocycles. The summed E-state index contributed by atoms with van der Waals surface area (Å²) in [6.07, 6.45) is 2.48. The molecule has 0 fully saturated rings. The first-order valence-corrected chi connectivity index (χ1v) is 9.23. The number of ether oxygens (including phenoxy) is 1. The Morgan fingerprint density at radius 3 is 2.60 bits per heavy atom. The first kappa shape index (κ1) is 19.2. The Morgan fingerprint density at radius 2 is 1.90 bits per heavy atom. The summed E-state index contributed by atoms with van der Waals surface area (Å²) >= 11 is 0. The Kier molecular flexibility index (Phi) is 4.93. The Bertz CT molecular complexity index is 1320. The average Bonchev–Trinajstić information content (AvgIpc) is 3.23. The van der Waals surface area contributed by atoms with Gasteiger partial charge in [-0.25, -0.2) is 0 Å². The highest BCUT2D eigenvalue weighted by atomic mass is 16.5. The van der Waals surface area contributed by atoms with E-state index in [2.05, 4.69) is 10.3 Å². The summed E-state index contributed by atoms with van der Waals surface area (Å²) < 4.78 is 6.79. The second-order valence-electron chi connectivity index (χ2n) is 6.86. The van der Waals surface area contributed by atoms with Gasteiger partial charge in [-0.1, -0.05) is 12.1 Å². The van der Waals surface area contributed by atoms with E-state index in [9.17, 15) is 14.4 Å². The number of aromatic amines is 1. The van der Waals surface area contributed by atoms with E-state index in [0.717, 1.165) is 17.4 Å². The monoisotopic (exact) mass is 401 g/mol. The molecule has 0 saturated heterocycles. The number of nitrogens with zero attached hydrogens (tertiary/aromatic N) is 1. The maximum Gasteiger partial charge on any atom is 0.274 e. The van der Waals surface area contributed by atoms with Crippen LogP contribution in [0.25, 0.3) is 22.0 Å². The predicted molar refractivity (Wildman–Crippen MR) is 115 cm³/mol. The number of pyridine rings is 1. The summed E-state index contributed by atoms with van der Waals surface area (Å²) in [5.41, 5.74) is 3.11. The molecular formula is C23H19N3O4. The molecule has 30 heavy (non-hydrogen) atoms. The highest BCUT2D eigenvalue weighted by Gasteiger charge is 2.16. The molecule has 2 aromatic carbocycles. The smallest absolute Gasteiger partial charge is 0.274 e. The quantitative estimate of drug-likeness (QED) is 0.500. The topological polar surface area (TPSA) is 93.2 Å². The maximum absolute atomic E-state index is 12.7. The number of H-pyrrole nitrogens is 1. The van der Waals surface area contributed by atoms with Crippen LogP contribution in [0, 0.1) is 0 Å². The van der Waals surface area contributed by atoms with E-state index in [-0.39, 0.29) is 17.2 Å². The van der Waals surface area contributed by atoms with Crippen LogP contribution in [0.15, 0.2) is 65.6 Å². The summed E-state index contributed by atoms with van der Waals surface area (Å²) in [6, 6.07) is 15.7. The molecule has 7 nitrogen and oxygen atoms in total. The standard InChI is InChI=1S/C23H19N3O4/c1-26-12-19(15-4-3-5-17(10-15)30-2)18-11-20(25-21(18)23(26)29)22(28)24-16-8-6-14(13-27)7-9-16/h3-13,25H,1-2H3,(H,24,28). The lowest BCUT2D eigenvalue weighted by Gasteiger charge is -2.08. The molecule has 0 spiro atoms. The molecular weight excluding hydrogens is 382 g/mol. The highest BCUT2D eigenvalue weighted by Crippen LogP contribution is 2.30. The molecule has 0 unspecified atom stereocenters. The number of fused-ring (bicyclic) bond motifs is 1. The number of aryl methyl sites for hydroxylation is 1. The van der Waals surface area contributed by atoms with E-state index in [0.29, 0.717) is 27.9 Å². The number of hydrogen-bond acceptors (Lipinski definition) is 4. The molecule has 4 rings (SSSR count). The normalized spacial score (nSPS) is 10.7. The summed E-state index contributed by atoms with van der Waals surface area (Å²) in [4.78, 5) is 39.1. The number of hydrogen-bond donors (Lipinski definition) is 2. The minimum absolute atomic E-state index is 0.231. The molecule has 0 radical (unpaired) electrons. The zero-order valence-electron chi connectivity index (χ0n) is 16.4. The molecule has 2 heterocycles. The van der Waals surface area contributed by atoms with Gasteiger partial charge in [-0.05, 0) is 48.0 Å². The first-order valence-electron chi connectivity index (χ1n) is 9.23. The minimum Gasteiger partial charge on any atom is -0.497 e. The van der Waals surface area contributed by atoms with E-state index in [1.165, 1.54) is 4.57 Å². The average molecular weight is 401 g/mol. The third-order valence-corrected chi connectivity index (χ3v) is 4.89. The SMILES string of the molecule is COc1cccc(-c2cn(C)c(=O)c3[nH]c(C(=O)Nc4ccc(C=O)cc4)cc23)c1. The number of benzene rings is 2. The third kappa shape index (κ3) is 3.48. The van der Waals surface area contributed by atoms with Gasteiger partial charge >= 0.3 is 0 Å². The zero-order valence-corrected chi connectivity index (χ0v) is 16.4. The van der Waals surface area contributed by atoms with Crippen molar-refractivity contribution in [3.63, 3.8) is 0 Å². The Hall–Kier alpha value is -4.13. The molecule has 2 N–H and O–H groups in total. The second-order valence-corrected chi connectivity index (χ2v) is 6.86. The zero-order chi connectivity index (χ0) is 21.3. The van der Waals surface area contributed by atoms with Crippen LogP contribution in [0.3, 0.4) is 0 Å². The number of methoxy groups -OCH3 is 1. The fraction of sp³-hybridized carbons (Fsp3) is 0.0870. The molecule has 150 valence electrons. The highest BCUT2D eigenvalue weighted by molar-refractivity contribution is 6.08. The predicted octanol–water partition coefficient (Wildman–Crippen LogP) is 3.61. The van der Waals surface area contributed by atoms with Crippen LogP contribution >= 0.6 is 0 Å². The van der Waals surface area contributed by atoms with Gasteiger partial charge in [0.2, 0.25) is 0 Å². The van der Waals surface area contributed by atoms with Crippen LogP contribution < -0.4 is 15.6 Å². The fourth-order valence-corrected chi connectivity index (χ4v) is 3.32. The molecule has 0 aliphatic rings. The molecule has 1 amide bonds. The van der Waals surface area contributed by atoms with Gasteiger partial charge in [-0.3, -0.25) is 14.4 Å². The second kappa shape index (κ2) is 7.71. The van der Waals surface area contributed by atoms with Crippen molar-refractivity contribution in [2.75, 3.05) is 12.4 Å². The van der Waals surface area contributed by atoms with Crippen molar-refractivity contribution in [1.29, 1.82) is 0 Å². The molecule has 4 aromatic rings. The number of carbonyl (C=O) groups is 2. The van der Waals surface area contributed by atoms with Gasteiger partial charge in [0, 0.05) is 35.4 Å². The van der Waals surface area contributed by atoms with E-state index in [4.69, 9.17) is 4.74 Å². The van der Waals surface area contributed by atoms with Crippen molar-refractivity contribution < 1.29 is 14.3 Å². The lowest BCUT2D eigenvalue weighted by molar-refractivity contribution is 0.102. The maximum atomic E-state index is 12.7. The molecule has 2 aromatic heterocycles. The third-order valence-electron chi connectivity index (χ3n) is 4.89. The minimum atomic E-state index is -0.385. The van der Waals surface area contributed by atoms with Crippen molar-refractivity contribution >= 4 is 28.8 Å². The van der Waals surface area contributed by atoms with Crippen LogP contribution in [0.5, 0.6) is 5.75 Å². The van der Waals surface area contributed by atoms with Crippen LogP contribution in [-0.2, 0) is 7.05 Å². The number of carbonyl (C=O) groups excluding carboxylic acids is 2. The molecule has 0 aliphatic heterocycles. The Morgan fingerprint density at radius 1 is 1.13 bits per heavy atom. The van der Waals surface area contributed by atoms with E-state index < -0.39 is 0 Å². The summed E-state index contributed by atoms with van der Waals surface area (Å²) in [5, 5.41) is 3.41. The lowest BCUT2D eigenvalue weighted by Crippen LogP contribution is -2.17. The van der Waals surface area contributed by atoms with Gasteiger partial charge in [0.1, 0.15) is 23.2 Å². The van der Waals surface area contributed by atoms with Crippen LogP contribution in [-0.4, -0.2) is 28.9 Å². The van der Waals surface area contributed by atoms with Gasteiger partial charge < -0.3 is 19.6 Å². The number of rotatable bonds is 5. The largest absolute Gasteiger partial charge is 0.497 e. The van der Waals surface area contributed by atoms with Crippen LogP contribution in [0.4, 0.5) is 5.69 Å². The lowest BCUT2D eigenvalue weighted by atomic mass is 10.0.